The number of amides is 1. The van der Waals surface area contributed by atoms with Gasteiger partial charge in [-0.05, 0) is 48.8 Å². The molecule has 0 unspecified atom stereocenters. The minimum absolute atomic E-state index is 0.268. The summed E-state index contributed by atoms with van der Waals surface area (Å²) >= 11 is 5.09. The molecule has 0 atom stereocenters. The van der Waals surface area contributed by atoms with E-state index in [9.17, 15) is 4.79 Å². The van der Waals surface area contributed by atoms with Gasteiger partial charge in [0, 0.05) is 31.1 Å². The predicted octanol–water partition coefficient (Wildman–Crippen LogP) is 2.88. The van der Waals surface area contributed by atoms with Crippen LogP contribution in [0.5, 0.6) is 0 Å². The summed E-state index contributed by atoms with van der Waals surface area (Å²) in [5.74, 6) is 0.526. The number of hydrogen-bond acceptors (Lipinski definition) is 4. The van der Waals surface area contributed by atoms with Crippen molar-refractivity contribution < 1.29 is 9.53 Å². The first-order valence-electron chi connectivity index (χ1n) is 7.51. The summed E-state index contributed by atoms with van der Waals surface area (Å²) in [6, 6.07) is 4.04. The van der Waals surface area contributed by atoms with Gasteiger partial charge in [0.15, 0.2) is 5.96 Å². The van der Waals surface area contributed by atoms with Crippen LogP contribution in [-0.4, -0.2) is 53.6 Å². The molecule has 1 aliphatic heterocycles. The number of rotatable bonds is 2. The Kier molecular flexibility index (Phi) is 5.91. The molecule has 1 aromatic rings. The van der Waals surface area contributed by atoms with E-state index >= 15 is 0 Å². The fourth-order valence-corrected chi connectivity index (χ4v) is 3.55. The van der Waals surface area contributed by atoms with Crippen LogP contribution in [0.15, 0.2) is 20.9 Å². The van der Waals surface area contributed by atoms with Crippen LogP contribution >= 0.6 is 27.3 Å². The van der Waals surface area contributed by atoms with E-state index in [-0.39, 0.29) is 6.09 Å². The van der Waals surface area contributed by atoms with Crippen LogP contribution in [0.4, 0.5) is 4.79 Å². The molecule has 1 amide bonds. The molecule has 2 N–H and O–H groups in total. The second kappa shape index (κ2) is 7.53. The number of ether oxygens (including phenoxy) is 1. The Balaban J connectivity index is 1.82. The van der Waals surface area contributed by atoms with Crippen molar-refractivity contribution in [2.24, 2.45) is 10.7 Å². The lowest BCUT2D eigenvalue weighted by Gasteiger charge is -2.36. The molecule has 0 spiro atoms. The van der Waals surface area contributed by atoms with Crippen molar-refractivity contribution in [3.05, 3.63) is 20.8 Å². The van der Waals surface area contributed by atoms with Crippen LogP contribution in [-0.2, 0) is 11.3 Å². The van der Waals surface area contributed by atoms with Gasteiger partial charge in [-0.3, -0.25) is 0 Å². The van der Waals surface area contributed by atoms with Crippen LogP contribution < -0.4 is 5.73 Å². The zero-order valence-electron chi connectivity index (χ0n) is 13.7. The number of halogens is 1. The summed E-state index contributed by atoms with van der Waals surface area (Å²) in [5.41, 5.74) is 5.59. The lowest BCUT2D eigenvalue weighted by molar-refractivity contribution is 0.0186. The lowest BCUT2D eigenvalue weighted by Crippen LogP contribution is -2.53. The Labute approximate surface area is 149 Å². The van der Waals surface area contributed by atoms with Crippen LogP contribution in [0, 0.1) is 0 Å². The highest BCUT2D eigenvalue weighted by Crippen LogP contribution is 2.22. The van der Waals surface area contributed by atoms with Crippen LogP contribution in [0.3, 0.4) is 0 Å². The molecule has 6 nitrogen and oxygen atoms in total. The standard InChI is InChI=1S/C15H23BrN4O2S/c1-15(2,3)22-14(21)20-8-6-19(7-9-20)13(17)18-10-11-4-5-12(16)23-11/h4-5H,6-10H2,1-3H3,(H2,17,18). The van der Waals surface area contributed by atoms with E-state index < -0.39 is 5.60 Å². The molecule has 0 aromatic carbocycles. The van der Waals surface area contributed by atoms with Crippen molar-refractivity contribution in [2.75, 3.05) is 26.2 Å². The van der Waals surface area contributed by atoms with Crippen molar-refractivity contribution in [1.29, 1.82) is 0 Å². The molecular weight excluding hydrogens is 380 g/mol. The van der Waals surface area contributed by atoms with Crippen LogP contribution in [0.25, 0.3) is 0 Å². The largest absolute Gasteiger partial charge is 0.444 e. The molecule has 8 heteroatoms. The highest BCUT2D eigenvalue weighted by atomic mass is 79.9. The first-order chi connectivity index (χ1) is 10.7. The summed E-state index contributed by atoms with van der Waals surface area (Å²) in [6.07, 6.45) is -0.268. The fourth-order valence-electron chi connectivity index (χ4n) is 2.14. The third kappa shape index (κ3) is 5.69. The van der Waals surface area contributed by atoms with E-state index in [0.717, 1.165) is 8.66 Å². The summed E-state index contributed by atoms with van der Waals surface area (Å²) in [6.45, 7) is 8.71. The van der Waals surface area contributed by atoms with Crippen molar-refractivity contribution in [1.82, 2.24) is 9.80 Å². The minimum atomic E-state index is -0.469. The molecule has 1 fully saturated rings. The van der Waals surface area contributed by atoms with E-state index in [2.05, 4.69) is 20.9 Å². The topological polar surface area (TPSA) is 71.2 Å². The number of hydrogen-bond donors (Lipinski definition) is 1. The molecule has 23 heavy (non-hydrogen) atoms. The summed E-state index contributed by atoms with van der Waals surface area (Å²) in [7, 11) is 0. The summed E-state index contributed by atoms with van der Waals surface area (Å²) < 4.78 is 6.47. The van der Waals surface area contributed by atoms with Gasteiger partial charge >= 0.3 is 6.09 Å². The Morgan fingerprint density at radius 3 is 2.43 bits per heavy atom. The van der Waals surface area contributed by atoms with E-state index in [0.29, 0.717) is 38.7 Å². The third-order valence-electron chi connectivity index (χ3n) is 3.28. The second-order valence-electron chi connectivity index (χ2n) is 6.33. The average Bonchev–Trinajstić information content (AvgIpc) is 2.89. The van der Waals surface area contributed by atoms with Crippen molar-refractivity contribution in [3.63, 3.8) is 0 Å². The van der Waals surface area contributed by atoms with Crippen molar-refractivity contribution in [2.45, 2.75) is 32.9 Å². The van der Waals surface area contributed by atoms with Gasteiger partial charge in [0.1, 0.15) is 5.60 Å². The van der Waals surface area contributed by atoms with Crippen molar-refractivity contribution in [3.8, 4) is 0 Å². The summed E-state index contributed by atoms with van der Waals surface area (Å²) in [4.78, 5) is 21.3. The van der Waals surface area contributed by atoms with Crippen molar-refractivity contribution >= 4 is 39.3 Å². The third-order valence-corrected chi connectivity index (χ3v) is 4.89. The number of carbonyl (C=O) groups is 1. The molecule has 0 aliphatic carbocycles. The van der Waals surface area contributed by atoms with Crippen LogP contribution in [0.1, 0.15) is 25.6 Å². The van der Waals surface area contributed by atoms with Gasteiger partial charge in [-0.1, -0.05) is 0 Å². The highest BCUT2D eigenvalue weighted by molar-refractivity contribution is 9.11. The molecule has 1 aliphatic rings. The molecule has 1 aromatic heterocycles. The molecule has 0 bridgehead atoms. The number of piperazine rings is 1. The molecule has 0 saturated carbocycles. The first kappa shape index (κ1) is 18.1. The maximum Gasteiger partial charge on any atom is 0.410 e. The summed E-state index contributed by atoms with van der Waals surface area (Å²) in [5, 5.41) is 0. The number of nitrogens with zero attached hydrogens (tertiary/aromatic N) is 3. The molecule has 2 rings (SSSR count). The maximum absolute atomic E-state index is 12.0. The second-order valence-corrected chi connectivity index (χ2v) is 8.88. The molecule has 2 heterocycles. The van der Waals surface area contributed by atoms with Gasteiger partial charge in [0.25, 0.3) is 0 Å². The molecule has 1 saturated heterocycles. The number of thiophene rings is 1. The SMILES string of the molecule is CC(C)(C)OC(=O)N1CCN(C(N)=NCc2ccc(Br)s2)CC1. The average molecular weight is 403 g/mol. The quantitative estimate of drug-likeness (QED) is 0.609. The molecular formula is C15H23BrN4O2S. The van der Waals surface area contributed by atoms with Gasteiger partial charge in [0.2, 0.25) is 0 Å². The van der Waals surface area contributed by atoms with E-state index in [1.54, 1.807) is 16.2 Å². The van der Waals surface area contributed by atoms with Gasteiger partial charge in [-0.15, -0.1) is 11.3 Å². The van der Waals surface area contributed by atoms with Gasteiger partial charge in [0.05, 0.1) is 10.3 Å². The van der Waals surface area contributed by atoms with Gasteiger partial charge in [-0.25, -0.2) is 9.79 Å². The Morgan fingerprint density at radius 2 is 1.91 bits per heavy atom. The maximum atomic E-state index is 12.0. The van der Waals surface area contributed by atoms with Gasteiger partial charge in [-0.2, -0.15) is 0 Å². The lowest BCUT2D eigenvalue weighted by atomic mass is 10.2. The molecule has 128 valence electrons. The number of carbonyl (C=O) groups excluding carboxylic acids is 1. The smallest absolute Gasteiger partial charge is 0.410 e. The highest BCUT2D eigenvalue weighted by Gasteiger charge is 2.26. The number of guanidine groups is 1. The Hall–Kier alpha value is -1.28. The predicted molar refractivity (Wildman–Crippen MR) is 96.7 cm³/mol. The normalized spacial score (nSPS) is 16.6. The van der Waals surface area contributed by atoms with Crippen LogP contribution in [0.2, 0.25) is 0 Å². The minimum Gasteiger partial charge on any atom is -0.444 e. The fraction of sp³-hybridized carbons (Fsp3) is 0.600. The monoisotopic (exact) mass is 402 g/mol. The Morgan fingerprint density at radius 1 is 1.30 bits per heavy atom. The number of aliphatic imine (C=N–C) groups is 1. The Bertz CT molecular complexity index is 574. The van der Waals surface area contributed by atoms with E-state index in [4.69, 9.17) is 10.5 Å². The zero-order valence-corrected chi connectivity index (χ0v) is 16.1. The van der Waals surface area contributed by atoms with E-state index in [1.165, 1.54) is 0 Å². The zero-order chi connectivity index (χ0) is 17.0. The van der Waals surface area contributed by atoms with E-state index in [1.807, 2.05) is 37.8 Å². The van der Waals surface area contributed by atoms with Gasteiger partial charge < -0.3 is 20.3 Å². The number of nitrogens with two attached hydrogens (primary N) is 1. The first-order valence-corrected chi connectivity index (χ1v) is 9.12. The molecule has 0 radical (unpaired) electrons.